The Balaban J connectivity index is 1.66. The van der Waals surface area contributed by atoms with Crippen LogP contribution in [0.2, 0.25) is 0 Å². The molecule has 0 fully saturated rings. The van der Waals surface area contributed by atoms with Gasteiger partial charge in [-0.1, -0.05) is 133 Å². The highest BCUT2D eigenvalue weighted by molar-refractivity contribution is 7.81. The maximum Gasteiger partial charge on any atom is 0.119 e. The molecular weight excluding hydrogens is 408 g/mol. The molecule has 0 saturated heterocycles. The van der Waals surface area contributed by atoms with Crippen molar-refractivity contribution in [3.05, 3.63) is 71.3 Å². The molecule has 0 saturated carbocycles. The van der Waals surface area contributed by atoms with Crippen molar-refractivity contribution in [3.8, 4) is 5.75 Å². The number of hydrogen-bond donors (Lipinski definition) is 0. The maximum absolute atomic E-state index is 5.98. The third kappa shape index (κ3) is 11.1. The summed E-state index contributed by atoms with van der Waals surface area (Å²) >= 11 is 5.60. The van der Waals surface area contributed by atoms with Crippen LogP contribution < -0.4 is 4.74 Å². The summed E-state index contributed by atoms with van der Waals surface area (Å²) in [4.78, 5) is 0.865. The third-order valence-electron chi connectivity index (χ3n) is 5.83. The number of hydrogen-bond acceptors (Lipinski definition) is 2. The van der Waals surface area contributed by atoms with Gasteiger partial charge in [0.05, 0.1) is 6.61 Å². The van der Waals surface area contributed by atoms with E-state index in [4.69, 9.17) is 17.0 Å². The Kier molecular flexibility index (Phi) is 13.7. The Morgan fingerprint density at radius 1 is 0.781 bits per heavy atom. The van der Waals surface area contributed by atoms with Crippen LogP contribution in [0.25, 0.3) is 6.08 Å². The molecule has 2 aromatic rings. The summed E-state index contributed by atoms with van der Waals surface area (Å²) in [6, 6.07) is 16.9. The molecule has 2 aromatic carbocycles. The first kappa shape index (κ1) is 26.3. The van der Waals surface area contributed by atoms with Gasteiger partial charge in [-0.25, -0.2) is 0 Å². The monoisotopic (exact) mass is 450 g/mol. The van der Waals surface area contributed by atoms with Crippen molar-refractivity contribution in [2.45, 2.75) is 90.9 Å². The van der Waals surface area contributed by atoms with Gasteiger partial charge in [-0.05, 0) is 47.7 Å². The molecule has 0 N–H and O–H groups in total. The highest BCUT2D eigenvalue weighted by Crippen LogP contribution is 2.17. The van der Waals surface area contributed by atoms with Gasteiger partial charge in [-0.15, -0.1) is 0 Å². The standard InChI is InChI=1S/C30H42OS/c1-3-5-6-7-8-9-10-11-12-13-24-31-29-17-14-16-27(25-29)20-23-30(32)28-21-18-26(15-4-2)19-22-28/h14,16-23,25H,3-13,15,24H2,1-2H3. The lowest BCUT2D eigenvalue weighted by atomic mass is 10.1. The second-order valence-corrected chi connectivity index (χ2v) is 9.19. The molecule has 2 heteroatoms. The lowest BCUT2D eigenvalue weighted by Gasteiger charge is -2.07. The molecule has 0 spiro atoms. The van der Waals surface area contributed by atoms with Crippen LogP contribution in [0.1, 0.15) is 101 Å². The van der Waals surface area contributed by atoms with E-state index in [1.54, 1.807) is 0 Å². The summed E-state index contributed by atoms with van der Waals surface area (Å²) in [5, 5.41) is 0. The average Bonchev–Trinajstić information content (AvgIpc) is 2.82. The van der Waals surface area contributed by atoms with Gasteiger partial charge in [0, 0.05) is 4.86 Å². The lowest BCUT2D eigenvalue weighted by molar-refractivity contribution is 0.304. The fourth-order valence-electron chi connectivity index (χ4n) is 3.88. The van der Waals surface area contributed by atoms with Crippen molar-refractivity contribution >= 4 is 23.2 Å². The normalized spacial score (nSPS) is 11.2. The quantitative estimate of drug-likeness (QED) is 0.103. The van der Waals surface area contributed by atoms with E-state index >= 15 is 0 Å². The summed E-state index contributed by atoms with van der Waals surface area (Å²) in [5.74, 6) is 0.943. The molecule has 32 heavy (non-hydrogen) atoms. The molecule has 0 bridgehead atoms. The van der Waals surface area contributed by atoms with Gasteiger partial charge < -0.3 is 4.74 Å². The summed E-state index contributed by atoms with van der Waals surface area (Å²) in [6.07, 6.45) is 19.8. The van der Waals surface area contributed by atoms with Gasteiger partial charge in [0.15, 0.2) is 0 Å². The minimum atomic E-state index is 0.798. The van der Waals surface area contributed by atoms with Crippen LogP contribution in [-0.2, 0) is 6.42 Å². The molecule has 0 radical (unpaired) electrons. The van der Waals surface area contributed by atoms with Gasteiger partial charge in [0.2, 0.25) is 0 Å². The van der Waals surface area contributed by atoms with E-state index in [2.05, 4.69) is 62.4 Å². The van der Waals surface area contributed by atoms with Crippen molar-refractivity contribution < 1.29 is 4.74 Å². The number of thiocarbonyl (C=S) groups is 1. The van der Waals surface area contributed by atoms with Crippen LogP contribution >= 0.6 is 12.2 Å². The molecule has 0 aromatic heterocycles. The lowest BCUT2D eigenvalue weighted by Crippen LogP contribution is -1.97. The molecule has 0 heterocycles. The predicted molar refractivity (Wildman–Crippen MR) is 145 cm³/mol. The van der Waals surface area contributed by atoms with E-state index in [1.807, 2.05) is 12.1 Å². The molecule has 2 rings (SSSR count). The highest BCUT2D eigenvalue weighted by atomic mass is 32.1. The number of unbranched alkanes of at least 4 members (excludes halogenated alkanes) is 9. The fourth-order valence-corrected chi connectivity index (χ4v) is 4.08. The van der Waals surface area contributed by atoms with Gasteiger partial charge in [-0.3, -0.25) is 0 Å². The van der Waals surface area contributed by atoms with Crippen molar-refractivity contribution in [1.29, 1.82) is 0 Å². The topological polar surface area (TPSA) is 9.23 Å². The number of aryl methyl sites for hydroxylation is 1. The van der Waals surface area contributed by atoms with Crippen LogP contribution in [0.3, 0.4) is 0 Å². The Hall–Kier alpha value is -1.93. The molecule has 174 valence electrons. The SMILES string of the molecule is CCCCCCCCCCCCOc1cccc(C=CC(=S)c2ccc(CCC)cc2)c1. The van der Waals surface area contributed by atoms with Gasteiger partial charge in [0.25, 0.3) is 0 Å². The summed E-state index contributed by atoms with van der Waals surface area (Å²) in [5.41, 5.74) is 3.59. The van der Waals surface area contributed by atoms with Crippen LogP contribution in [0, 0.1) is 0 Å². The number of rotatable bonds is 17. The first-order chi connectivity index (χ1) is 15.7. The van der Waals surface area contributed by atoms with E-state index in [1.165, 1.54) is 69.8 Å². The molecule has 0 amide bonds. The van der Waals surface area contributed by atoms with Crippen LogP contribution in [-0.4, -0.2) is 11.5 Å². The van der Waals surface area contributed by atoms with Gasteiger partial charge in [0.1, 0.15) is 5.75 Å². The van der Waals surface area contributed by atoms with E-state index in [0.29, 0.717) is 0 Å². The first-order valence-corrected chi connectivity index (χ1v) is 13.2. The third-order valence-corrected chi connectivity index (χ3v) is 6.20. The first-order valence-electron chi connectivity index (χ1n) is 12.8. The van der Waals surface area contributed by atoms with Gasteiger partial charge in [-0.2, -0.15) is 0 Å². The van der Waals surface area contributed by atoms with Crippen molar-refractivity contribution in [1.82, 2.24) is 0 Å². The van der Waals surface area contributed by atoms with Crippen LogP contribution in [0.4, 0.5) is 0 Å². The highest BCUT2D eigenvalue weighted by Gasteiger charge is 2.00. The molecular formula is C30H42OS. The second kappa shape index (κ2) is 16.7. The Morgan fingerprint density at radius 3 is 2.09 bits per heavy atom. The van der Waals surface area contributed by atoms with Crippen molar-refractivity contribution in [3.63, 3.8) is 0 Å². The molecule has 0 aliphatic carbocycles. The molecule has 0 atom stereocenters. The number of ether oxygens (including phenoxy) is 1. The van der Waals surface area contributed by atoms with Crippen LogP contribution in [0.5, 0.6) is 5.75 Å². The summed E-state index contributed by atoms with van der Waals surface area (Å²) in [6.45, 7) is 5.28. The minimum absolute atomic E-state index is 0.798. The summed E-state index contributed by atoms with van der Waals surface area (Å²) in [7, 11) is 0. The number of allylic oxidation sites excluding steroid dienone is 1. The minimum Gasteiger partial charge on any atom is -0.494 e. The van der Waals surface area contributed by atoms with Crippen LogP contribution in [0.15, 0.2) is 54.6 Å². The predicted octanol–water partition coefficient (Wildman–Crippen LogP) is 9.37. The Morgan fingerprint density at radius 2 is 1.44 bits per heavy atom. The molecule has 0 aliphatic heterocycles. The summed E-state index contributed by atoms with van der Waals surface area (Å²) < 4.78 is 5.98. The molecule has 1 nitrogen and oxygen atoms in total. The zero-order valence-corrected chi connectivity index (χ0v) is 21.1. The average molecular weight is 451 g/mol. The smallest absolute Gasteiger partial charge is 0.119 e. The Bertz CT molecular complexity index is 791. The van der Waals surface area contributed by atoms with Crippen molar-refractivity contribution in [2.75, 3.05) is 6.61 Å². The fraction of sp³-hybridized carbons (Fsp3) is 0.500. The molecule has 0 aliphatic rings. The maximum atomic E-state index is 5.98. The largest absolute Gasteiger partial charge is 0.494 e. The van der Waals surface area contributed by atoms with E-state index in [9.17, 15) is 0 Å². The number of benzene rings is 2. The van der Waals surface area contributed by atoms with Gasteiger partial charge >= 0.3 is 0 Å². The van der Waals surface area contributed by atoms with E-state index in [0.717, 1.165) is 41.2 Å². The molecule has 0 unspecified atom stereocenters. The zero-order chi connectivity index (χ0) is 22.9. The van der Waals surface area contributed by atoms with E-state index in [-0.39, 0.29) is 0 Å². The van der Waals surface area contributed by atoms with Crippen molar-refractivity contribution in [2.24, 2.45) is 0 Å². The second-order valence-electron chi connectivity index (χ2n) is 8.75. The zero-order valence-electron chi connectivity index (χ0n) is 20.3. The van der Waals surface area contributed by atoms with E-state index < -0.39 is 0 Å². The Labute approximate surface area is 202 Å².